The lowest BCUT2D eigenvalue weighted by molar-refractivity contribution is 0.00125. The Labute approximate surface area is 307 Å². The predicted molar refractivity (Wildman–Crippen MR) is 215 cm³/mol. The van der Waals surface area contributed by atoms with Gasteiger partial charge in [0.05, 0.1) is 4.90 Å². The van der Waals surface area contributed by atoms with Crippen LogP contribution in [0.2, 0.25) is 0 Å². The highest BCUT2D eigenvalue weighted by atomic mass is 32.2. The van der Waals surface area contributed by atoms with Crippen molar-refractivity contribution in [3.05, 3.63) is 95.6 Å². The van der Waals surface area contributed by atoms with Crippen LogP contribution in [0.25, 0.3) is 42.4 Å². The number of benzene rings is 5. The zero-order valence-electron chi connectivity index (χ0n) is 30.7. The first-order chi connectivity index (χ1) is 24.6. The van der Waals surface area contributed by atoms with E-state index in [0.29, 0.717) is 17.4 Å². The number of aryl methyl sites for hydroxylation is 1. The van der Waals surface area contributed by atoms with E-state index in [-0.39, 0.29) is 4.90 Å². The standard InChI is InChI=1S/C45H46O4S2/c1-8-44(9-2,48-12-5)24-22-36-38-26-32-16-14-15-17-33(32)27-39(38)37(23-25-45(10-3,11-4)49-13-6)41-30-42-34(28-40(36)41)29-43(50-42)51(46,47)35-20-18-31(7)19-21-35/h14-21,26-30H,8-13H2,1-7H3. The Morgan fingerprint density at radius 1 is 0.608 bits per heavy atom. The highest BCUT2D eigenvalue weighted by molar-refractivity contribution is 7.93. The maximum atomic E-state index is 13.9. The molecule has 51 heavy (non-hydrogen) atoms. The second-order valence-electron chi connectivity index (χ2n) is 13.1. The maximum Gasteiger partial charge on any atom is 0.215 e. The quantitative estimate of drug-likeness (QED) is 0.105. The minimum atomic E-state index is -3.72. The van der Waals surface area contributed by atoms with Gasteiger partial charge in [0.2, 0.25) is 9.84 Å². The average molecular weight is 715 g/mol. The molecule has 0 N–H and O–H groups in total. The minimum absolute atomic E-state index is 0.289. The summed E-state index contributed by atoms with van der Waals surface area (Å²) in [6, 6.07) is 25.9. The van der Waals surface area contributed by atoms with Crippen LogP contribution in [-0.2, 0) is 19.3 Å². The third-order valence-corrected chi connectivity index (χ3v) is 13.5. The molecule has 0 amide bonds. The number of ether oxygens (including phenoxy) is 2. The summed E-state index contributed by atoms with van der Waals surface area (Å²) in [7, 11) is -3.72. The van der Waals surface area contributed by atoms with E-state index in [9.17, 15) is 8.42 Å². The summed E-state index contributed by atoms with van der Waals surface area (Å²) >= 11 is 1.30. The molecule has 0 spiro atoms. The SMILES string of the molecule is CCOC(C#Cc1c2cc3ccccc3cc2c(C#CC(CC)(CC)OCC)c2cc3sc(S(=O)(=O)c4ccc(C)cc4)cc3cc12)(CC)CC. The number of rotatable bonds is 10. The van der Waals surface area contributed by atoms with Crippen molar-refractivity contribution in [2.75, 3.05) is 13.2 Å². The van der Waals surface area contributed by atoms with Crippen molar-refractivity contribution < 1.29 is 17.9 Å². The molecule has 5 aromatic carbocycles. The molecule has 6 aromatic rings. The van der Waals surface area contributed by atoms with E-state index in [1.807, 2.05) is 32.9 Å². The van der Waals surface area contributed by atoms with Gasteiger partial charge in [-0.1, -0.05) is 93.3 Å². The smallest absolute Gasteiger partial charge is 0.215 e. The first-order valence-corrected chi connectivity index (χ1v) is 20.4. The van der Waals surface area contributed by atoms with Gasteiger partial charge < -0.3 is 9.47 Å². The fraction of sp³-hybridized carbons (Fsp3) is 0.333. The number of hydrogen-bond donors (Lipinski definition) is 0. The molecule has 4 nitrogen and oxygen atoms in total. The van der Waals surface area contributed by atoms with Crippen LogP contribution in [-0.4, -0.2) is 32.8 Å². The number of thiophene rings is 1. The van der Waals surface area contributed by atoms with Crippen LogP contribution in [0.4, 0.5) is 0 Å². The fourth-order valence-corrected chi connectivity index (χ4v) is 9.72. The van der Waals surface area contributed by atoms with Crippen LogP contribution < -0.4 is 0 Å². The molecule has 0 atom stereocenters. The van der Waals surface area contributed by atoms with E-state index in [0.717, 1.165) is 84.8 Å². The molecule has 262 valence electrons. The summed E-state index contributed by atoms with van der Waals surface area (Å²) in [5.74, 6) is 14.4. The Hall–Kier alpha value is -4.17. The molecule has 0 aliphatic rings. The zero-order chi connectivity index (χ0) is 36.4. The van der Waals surface area contributed by atoms with Crippen LogP contribution in [0, 0.1) is 30.6 Å². The zero-order valence-corrected chi connectivity index (χ0v) is 32.3. The Kier molecular flexibility index (Phi) is 10.6. The lowest BCUT2D eigenvalue weighted by Crippen LogP contribution is -2.29. The van der Waals surface area contributed by atoms with E-state index in [1.54, 1.807) is 18.2 Å². The van der Waals surface area contributed by atoms with Crippen molar-refractivity contribution in [1.82, 2.24) is 0 Å². The first kappa shape index (κ1) is 36.6. The molecular formula is C45H46O4S2. The van der Waals surface area contributed by atoms with Gasteiger partial charge in [0, 0.05) is 34.4 Å². The van der Waals surface area contributed by atoms with Gasteiger partial charge in [-0.2, -0.15) is 0 Å². The van der Waals surface area contributed by atoms with Crippen molar-refractivity contribution >= 4 is 63.6 Å². The molecule has 0 saturated heterocycles. The van der Waals surface area contributed by atoms with Gasteiger partial charge >= 0.3 is 0 Å². The molecule has 0 saturated carbocycles. The topological polar surface area (TPSA) is 52.6 Å². The van der Waals surface area contributed by atoms with Gasteiger partial charge in [0.15, 0.2) is 0 Å². The molecule has 0 aliphatic carbocycles. The third-order valence-electron chi connectivity index (χ3n) is 10.1. The van der Waals surface area contributed by atoms with E-state index >= 15 is 0 Å². The van der Waals surface area contributed by atoms with E-state index < -0.39 is 21.0 Å². The van der Waals surface area contributed by atoms with Crippen LogP contribution >= 0.6 is 11.3 Å². The molecule has 1 heterocycles. The van der Waals surface area contributed by atoms with Gasteiger partial charge in [0.1, 0.15) is 15.4 Å². The largest absolute Gasteiger partial charge is 0.363 e. The van der Waals surface area contributed by atoms with Crippen LogP contribution in [0.3, 0.4) is 0 Å². The summed E-state index contributed by atoms with van der Waals surface area (Å²) in [5, 5.41) is 6.97. The van der Waals surface area contributed by atoms with Gasteiger partial charge in [-0.3, -0.25) is 0 Å². The van der Waals surface area contributed by atoms with E-state index in [4.69, 9.17) is 9.47 Å². The van der Waals surface area contributed by atoms with Crippen molar-refractivity contribution in [2.24, 2.45) is 0 Å². The summed E-state index contributed by atoms with van der Waals surface area (Å²) in [6.07, 6.45) is 3.04. The third kappa shape index (κ3) is 6.92. The summed E-state index contributed by atoms with van der Waals surface area (Å²) in [5.41, 5.74) is 1.63. The van der Waals surface area contributed by atoms with Crippen LogP contribution in [0.15, 0.2) is 88.0 Å². The second kappa shape index (κ2) is 14.8. The lowest BCUT2D eigenvalue weighted by atomic mass is 9.88. The van der Waals surface area contributed by atoms with Crippen molar-refractivity contribution in [3.63, 3.8) is 0 Å². The number of fused-ring (bicyclic) bond motifs is 4. The monoisotopic (exact) mass is 714 g/mol. The number of hydrogen-bond acceptors (Lipinski definition) is 5. The Morgan fingerprint density at radius 2 is 1.06 bits per heavy atom. The first-order valence-electron chi connectivity index (χ1n) is 18.1. The lowest BCUT2D eigenvalue weighted by Gasteiger charge is -2.25. The molecule has 0 aliphatic heterocycles. The number of sulfone groups is 1. The summed E-state index contributed by atoms with van der Waals surface area (Å²) < 4.78 is 41.5. The van der Waals surface area contributed by atoms with Crippen LogP contribution in [0.5, 0.6) is 0 Å². The van der Waals surface area contributed by atoms with Gasteiger partial charge in [-0.15, -0.1) is 11.3 Å². The van der Waals surface area contributed by atoms with Crippen molar-refractivity contribution in [2.45, 2.75) is 94.5 Å². The van der Waals surface area contributed by atoms with Gasteiger partial charge in [-0.25, -0.2) is 8.42 Å². The minimum Gasteiger partial charge on any atom is -0.363 e. The van der Waals surface area contributed by atoms with Crippen LogP contribution in [0.1, 0.15) is 83.9 Å². The van der Waals surface area contributed by atoms with E-state index in [2.05, 4.69) is 99.9 Å². The van der Waals surface area contributed by atoms with Crippen molar-refractivity contribution in [3.8, 4) is 23.7 Å². The second-order valence-corrected chi connectivity index (χ2v) is 16.3. The molecule has 0 fully saturated rings. The summed E-state index contributed by atoms with van der Waals surface area (Å²) in [4.78, 5) is 0.289. The molecule has 0 bridgehead atoms. The van der Waals surface area contributed by atoms with Crippen molar-refractivity contribution in [1.29, 1.82) is 0 Å². The molecule has 6 rings (SSSR count). The molecule has 6 heteroatoms. The van der Waals surface area contributed by atoms with E-state index in [1.165, 1.54) is 11.3 Å². The normalized spacial score (nSPS) is 12.3. The predicted octanol–water partition coefficient (Wildman–Crippen LogP) is 11.4. The highest BCUT2D eigenvalue weighted by Crippen LogP contribution is 2.41. The van der Waals surface area contributed by atoms with Gasteiger partial charge in [-0.05, 0) is 121 Å². The molecule has 0 unspecified atom stereocenters. The Bertz CT molecular complexity index is 2340. The Morgan fingerprint density at radius 3 is 1.51 bits per heavy atom. The van der Waals surface area contributed by atoms with Gasteiger partial charge in [0.25, 0.3) is 0 Å². The molecular weight excluding hydrogens is 669 g/mol. The molecule has 1 aromatic heterocycles. The average Bonchev–Trinajstić information content (AvgIpc) is 3.58. The molecule has 0 radical (unpaired) electrons. The summed E-state index contributed by atoms with van der Waals surface area (Å²) in [6.45, 7) is 15.6. The fourth-order valence-electron chi connectivity index (χ4n) is 6.90. The maximum absolute atomic E-state index is 13.9. The highest BCUT2D eigenvalue weighted by Gasteiger charge is 2.26. The Balaban J connectivity index is 1.75.